The van der Waals surface area contributed by atoms with Gasteiger partial charge in [-0.2, -0.15) is 0 Å². The van der Waals surface area contributed by atoms with E-state index >= 15 is 0 Å². The summed E-state index contributed by atoms with van der Waals surface area (Å²) in [5, 5.41) is 9.55. The summed E-state index contributed by atoms with van der Waals surface area (Å²) in [6.07, 6.45) is 1.41. The lowest BCUT2D eigenvalue weighted by molar-refractivity contribution is 0.274. The van der Waals surface area contributed by atoms with E-state index in [0.717, 1.165) is 0 Å². The van der Waals surface area contributed by atoms with Gasteiger partial charge in [0, 0.05) is 0 Å². The van der Waals surface area contributed by atoms with Gasteiger partial charge in [-0.25, -0.2) is 4.98 Å². The lowest BCUT2D eigenvalue weighted by Crippen LogP contribution is -2.22. The monoisotopic (exact) mass is 224 g/mol. The van der Waals surface area contributed by atoms with Crippen LogP contribution in [0.25, 0.3) is 10.9 Å². The molecular formula is C10H9ClN2O2. The molecule has 1 N–H and O–H groups in total. The Morgan fingerprint density at radius 2 is 2.27 bits per heavy atom. The second-order valence-corrected chi connectivity index (χ2v) is 3.51. The van der Waals surface area contributed by atoms with Crippen LogP contribution in [0.4, 0.5) is 0 Å². The number of fused-ring (bicyclic) bond motifs is 1. The van der Waals surface area contributed by atoms with Crippen LogP contribution in [-0.4, -0.2) is 21.3 Å². The first-order valence-corrected chi connectivity index (χ1v) is 4.86. The number of hydrogen-bond acceptors (Lipinski definition) is 3. The van der Waals surface area contributed by atoms with E-state index in [1.54, 1.807) is 18.2 Å². The van der Waals surface area contributed by atoms with E-state index in [4.69, 9.17) is 16.7 Å². The molecule has 0 radical (unpaired) electrons. The van der Waals surface area contributed by atoms with Crippen LogP contribution in [-0.2, 0) is 6.54 Å². The molecule has 0 amide bonds. The maximum Gasteiger partial charge on any atom is 0.262 e. The third-order valence-electron chi connectivity index (χ3n) is 2.14. The molecule has 15 heavy (non-hydrogen) atoms. The van der Waals surface area contributed by atoms with Crippen molar-refractivity contribution in [2.75, 3.05) is 6.61 Å². The molecule has 0 bridgehead atoms. The smallest absolute Gasteiger partial charge is 0.262 e. The van der Waals surface area contributed by atoms with Crippen molar-refractivity contribution in [1.82, 2.24) is 9.55 Å². The zero-order valence-electron chi connectivity index (χ0n) is 7.85. The van der Waals surface area contributed by atoms with E-state index in [1.165, 1.54) is 10.9 Å². The van der Waals surface area contributed by atoms with Crippen LogP contribution in [0.2, 0.25) is 5.02 Å². The molecule has 0 spiro atoms. The first-order chi connectivity index (χ1) is 7.24. The number of hydrogen-bond donors (Lipinski definition) is 1. The fourth-order valence-electron chi connectivity index (χ4n) is 1.43. The normalized spacial score (nSPS) is 10.8. The fourth-order valence-corrected chi connectivity index (χ4v) is 1.68. The number of aliphatic hydroxyl groups excluding tert-OH is 1. The third-order valence-corrected chi connectivity index (χ3v) is 2.46. The summed E-state index contributed by atoms with van der Waals surface area (Å²) in [7, 11) is 0. The Balaban J connectivity index is 2.77. The standard InChI is InChI=1S/C10H9ClN2O2/c11-7-2-1-3-8-9(7)10(15)13(4-5-14)6-12-8/h1-3,6,14H,4-5H2. The van der Waals surface area contributed by atoms with Crippen LogP contribution >= 0.6 is 11.6 Å². The van der Waals surface area contributed by atoms with Crippen molar-refractivity contribution in [3.05, 3.63) is 39.9 Å². The molecule has 5 heteroatoms. The van der Waals surface area contributed by atoms with Crippen molar-refractivity contribution >= 4 is 22.5 Å². The number of halogens is 1. The quantitative estimate of drug-likeness (QED) is 0.830. The van der Waals surface area contributed by atoms with Gasteiger partial charge >= 0.3 is 0 Å². The summed E-state index contributed by atoms with van der Waals surface area (Å²) in [5.74, 6) is 0. The molecule has 0 aliphatic rings. The highest BCUT2D eigenvalue weighted by Gasteiger charge is 2.06. The molecule has 78 valence electrons. The van der Waals surface area contributed by atoms with Crippen LogP contribution in [0.3, 0.4) is 0 Å². The predicted octanol–water partition coefficient (Wildman–Crippen LogP) is 1.04. The summed E-state index contributed by atoms with van der Waals surface area (Å²) in [5.41, 5.74) is 0.348. The molecule has 1 heterocycles. The predicted molar refractivity (Wildman–Crippen MR) is 58.1 cm³/mol. The maximum atomic E-state index is 11.9. The Morgan fingerprint density at radius 3 is 3.00 bits per heavy atom. The summed E-state index contributed by atoms with van der Waals surface area (Å²) >= 11 is 5.92. The minimum atomic E-state index is -0.223. The molecule has 1 aromatic carbocycles. The van der Waals surface area contributed by atoms with Crippen molar-refractivity contribution in [2.45, 2.75) is 6.54 Å². The molecular weight excluding hydrogens is 216 g/mol. The van der Waals surface area contributed by atoms with Gasteiger partial charge in [-0.05, 0) is 12.1 Å². The van der Waals surface area contributed by atoms with E-state index in [2.05, 4.69) is 4.98 Å². The van der Waals surface area contributed by atoms with E-state index in [9.17, 15) is 4.79 Å². The lowest BCUT2D eigenvalue weighted by Gasteiger charge is -2.04. The molecule has 0 aliphatic carbocycles. The Morgan fingerprint density at radius 1 is 1.47 bits per heavy atom. The SMILES string of the molecule is O=c1c2c(Cl)cccc2ncn1CCO. The zero-order valence-corrected chi connectivity index (χ0v) is 8.61. The second kappa shape index (κ2) is 4.00. The molecule has 2 aromatic rings. The topological polar surface area (TPSA) is 55.1 Å². The average molecular weight is 225 g/mol. The first kappa shape index (κ1) is 10.1. The molecule has 0 unspecified atom stereocenters. The lowest BCUT2D eigenvalue weighted by atomic mass is 10.2. The first-order valence-electron chi connectivity index (χ1n) is 4.48. The Kier molecular flexibility index (Phi) is 2.70. The number of aromatic nitrogens is 2. The van der Waals surface area contributed by atoms with E-state index in [1.807, 2.05) is 0 Å². The van der Waals surface area contributed by atoms with Gasteiger partial charge in [0.1, 0.15) is 0 Å². The maximum absolute atomic E-state index is 11.9. The van der Waals surface area contributed by atoms with Crippen molar-refractivity contribution in [2.24, 2.45) is 0 Å². The molecule has 0 atom stereocenters. The van der Waals surface area contributed by atoms with Crippen LogP contribution in [0.15, 0.2) is 29.3 Å². The van der Waals surface area contributed by atoms with E-state index < -0.39 is 0 Å². The van der Waals surface area contributed by atoms with Crippen LogP contribution in [0.1, 0.15) is 0 Å². The number of aliphatic hydroxyl groups is 1. The molecule has 1 aromatic heterocycles. The average Bonchev–Trinajstić information content (AvgIpc) is 2.22. The summed E-state index contributed by atoms with van der Waals surface area (Å²) in [4.78, 5) is 16.0. The molecule has 0 saturated heterocycles. The van der Waals surface area contributed by atoms with Crippen LogP contribution in [0.5, 0.6) is 0 Å². The van der Waals surface area contributed by atoms with Gasteiger partial charge in [0.05, 0.1) is 35.4 Å². The minimum Gasteiger partial charge on any atom is -0.395 e. The van der Waals surface area contributed by atoms with E-state index in [-0.39, 0.29) is 18.7 Å². The van der Waals surface area contributed by atoms with Crippen LogP contribution < -0.4 is 5.56 Å². The molecule has 2 rings (SSSR count). The van der Waals surface area contributed by atoms with Crippen molar-refractivity contribution in [1.29, 1.82) is 0 Å². The van der Waals surface area contributed by atoms with Gasteiger partial charge in [-0.1, -0.05) is 17.7 Å². The molecule has 0 aliphatic heterocycles. The second-order valence-electron chi connectivity index (χ2n) is 3.10. The summed E-state index contributed by atoms with van der Waals surface area (Å²) in [6, 6.07) is 5.12. The van der Waals surface area contributed by atoms with Gasteiger partial charge in [0.25, 0.3) is 5.56 Å². The van der Waals surface area contributed by atoms with Crippen molar-refractivity contribution in [3.63, 3.8) is 0 Å². The summed E-state index contributed by atoms with van der Waals surface area (Å²) < 4.78 is 1.34. The summed E-state index contributed by atoms with van der Waals surface area (Å²) in [6.45, 7) is 0.130. The van der Waals surface area contributed by atoms with Crippen LogP contribution in [0, 0.1) is 0 Å². The van der Waals surface area contributed by atoms with Gasteiger partial charge < -0.3 is 5.11 Å². The third kappa shape index (κ3) is 1.73. The Hall–Kier alpha value is -1.39. The number of rotatable bonds is 2. The minimum absolute atomic E-state index is 0.0997. The molecule has 4 nitrogen and oxygen atoms in total. The van der Waals surface area contributed by atoms with E-state index in [0.29, 0.717) is 15.9 Å². The highest BCUT2D eigenvalue weighted by molar-refractivity contribution is 6.35. The highest BCUT2D eigenvalue weighted by atomic mass is 35.5. The zero-order chi connectivity index (χ0) is 10.8. The number of benzene rings is 1. The largest absolute Gasteiger partial charge is 0.395 e. The van der Waals surface area contributed by atoms with Gasteiger partial charge in [-0.3, -0.25) is 9.36 Å². The number of nitrogens with zero attached hydrogens (tertiary/aromatic N) is 2. The fraction of sp³-hybridized carbons (Fsp3) is 0.200. The van der Waals surface area contributed by atoms with Gasteiger partial charge in [0.15, 0.2) is 0 Å². The van der Waals surface area contributed by atoms with Gasteiger partial charge in [-0.15, -0.1) is 0 Å². The van der Waals surface area contributed by atoms with Crippen molar-refractivity contribution in [3.8, 4) is 0 Å². The highest BCUT2D eigenvalue weighted by Crippen LogP contribution is 2.17. The Bertz CT molecular complexity index is 551. The van der Waals surface area contributed by atoms with Crippen molar-refractivity contribution < 1.29 is 5.11 Å². The Labute approximate surface area is 90.8 Å². The van der Waals surface area contributed by atoms with Gasteiger partial charge in [0.2, 0.25) is 0 Å². The molecule has 0 saturated carbocycles. The molecule has 0 fully saturated rings.